The minimum atomic E-state index is -3.57. The lowest BCUT2D eigenvalue weighted by molar-refractivity contribution is 0.588. The fourth-order valence-electron chi connectivity index (χ4n) is 2.56. The Morgan fingerprint density at radius 2 is 1.79 bits per heavy atom. The molecular formula is C16H17N5O2S. The molecule has 2 aromatic carbocycles. The van der Waals surface area contributed by atoms with E-state index in [0.717, 1.165) is 10.9 Å². The normalized spacial score (nSPS) is 11.6. The van der Waals surface area contributed by atoms with Crippen LogP contribution in [-0.4, -0.2) is 32.5 Å². The number of hydrogen-bond acceptors (Lipinski definition) is 6. The molecule has 8 heteroatoms. The van der Waals surface area contributed by atoms with Gasteiger partial charge in [0.05, 0.1) is 10.4 Å². The van der Waals surface area contributed by atoms with Gasteiger partial charge in [-0.3, -0.25) is 0 Å². The Morgan fingerprint density at radius 3 is 2.50 bits per heavy atom. The molecule has 0 aliphatic rings. The van der Waals surface area contributed by atoms with Gasteiger partial charge in [0, 0.05) is 18.0 Å². The molecule has 24 heavy (non-hydrogen) atoms. The number of nitrogens with zero attached hydrogens (tertiary/aromatic N) is 2. The fourth-order valence-corrected chi connectivity index (χ4v) is 3.51. The summed E-state index contributed by atoms with van der Waals surface area (Å²) in [7, 11) is -0.429. The van der Waals surface area contributed by atoms with Crippen molar-refractivity contribution in [2.45, 2.75) is 4.90 Å². The Hall–Kier alpha value is -2.71. The second-order valence-electron chi connectivity index (χ2n) is 5.12. The van der Waals surface area contributed by atoms with Crippen LogP contribution in [0.3, 0.4) is 0 Å². The number of nitrogens with two attached hydrogens (primary N) is 1. The molecule has 124 valence electrons. The maximum absolute atomic E-state index is 12.2. The maximum atomic E-state index is 12.2. The highest BCUT2D eigenvalue weighted by molar-refractivity contribution is 7.89. The van der Waals surface area contributed by atoms with E-state index in [1.807, 2.05) is 12.1 Å². The van der Waals surface area contributed by atoms with E-state index in [4.69, 9.17) is 5.73 Å². The van der Waals surface area contributed by atoms with E-state index in [9.17, 15) is 8.42 Å². The molecule has 0 spiro atoms. The molecule has 0 amide bonds. The molecular weight excluding hydrogens is 326 g/mol. The molecule has 0 bridgehead atoms. The van der Waals surface area contributed by atoms with Gasteiger partial charge in [0.1, 0.15) is 5.82 Å². The van der Waals surface area contributed by atoms with Crippen molar-refractivity contribution in [3.8, 4) is 11.1 Å². The van der Waals surface area contributed by atoms with Crippen LogP contribution in [0.25, 0.3) is 22.0 Å². The standard InChI is InChI=1S/C16H17N5O2S/c1-18-15-12-8-7-10(9-13(12)20-16(17)21-15)11-5-3-4-6-14(11)24(22,23)19-2/h3-9,19H,1-2H3,(H3,17,18,20,21). The lowest BCUT2D eigenvalue weighted by atomic mass is 10.0. The van der Waals surface area contributed by atoms with Crippen molar-refractivity contribution in [3.05, 3.63) is 42.5 Å². The fraction of sp³-hybridized carbons (Fsp3) is 0.125. The number of fused-ring (bicyclic) bond motifs is 1. The van der Waals surface area contributed by atoms with Gasteiger partial charge in [-0.1, -0.05) is 24.3 Å². The van der Waals surface area contributed by atoms with Crippen molar-refractivity contribution >= 4 is 32.7 Å². The van der Waals surface area contributed by atoms with Crippen LogP contribution in [-0.2, 0) is 10.0 Å². The third-order valence-corrected chi connectivity index (χ3v) is 5.18. The Morgan fingerprint density at radius 1 is 1.04 bits per heavy atom. The van der Waals surface area contributed by atoms with E-state index in [1.54, 1.807) is 37.4 Å². The van der Waals surface area contributed by atoms with E-state index in [-0.39, 0.29) is 10.8 Å². The molecule has 0 saturated heterocycles. The Balaban J connectivity index is 2.25. The van der Waals surface area contributed by atoms with Crippen molar-refractivity contribution in [2.75, 3.05) is 25.1 Å². The first kappa shape index (κ1) is 16.2. The van der Waals surface area contributed by atoms with Crippen molar-refractivity contribution in [2.24, 2.45) is 0 Å². The first-order chi connectivity index (χ1) is 11.5. The van der Waals surface area contributed by atoms with Gasteiger partial charge in [0.2, 0.25) is 16.0 Å². The molecule has 0 unspecified atom stereocenters. The molecule has 0 fully saturated rings. The first-order valence-corrected chi connectivity index (χ1v) is 8.72. The minimum Gasteiger partial charge on any atom is -0.372 e. The number of nitrogen functional groups attached to an aromatic ring is 1. The SMILES string of the molecule is CNc1nc(N)nc2cc(-c3ccccc3S(=O)(=O)NC)ccc12. The highest BCUT2D eigenvalue weighted by Crippen LogP contribution is 2.31. The van der Waals surface area contributed by atoms with Crippen LogP contribution in [0.2, 0.25) is 0 Å². The van der Waals surface area contributed by atoms with Gasteiger partial charge in [0.15, 0.2) is 0 Å². The van der Waals surface area contributed by atoms with E-state index >= 15 is 0 Å². The Bertz CT molecular complexity index is 1020. The zero-order valence-corrected chi connectivity index (χ0v) is 14.1. The molecule has 3 aromatic rings. The first-order valence-electron chi connectivity index (χ1n) is 7.24. The summed E-state index contributed by atoms with van der Waals surface area (Å²) in [5.74, 6) is 0.778. The molecule has 0 aliphatic heterocycles. The van der Waals surface area contributed by atoms with Gasteiger partial charge < -0.3 is 11.1 Å². The van der Waals surface area contributed by atoms with E-state index in [0.29, 0.717) is 16.9 Å². The Labute approximate surface area is 140 Å². The largest absolute Gasteiger partial charge is 0.372 e. The number of hydrogen-bond donors (Lipinski definition) is 3. The van der Waals surface area contributed by atoms with Gasteiger partial charge in [-0.15, -0.1) is 0 Å². The van der Waals surface area contributed by atoms with Gasteiger partial charge in [-0.2, -0.15) is 4.98 Å². The molecule has 0 radical (unpaired) electrons. The van der Waals surface area contributed by atoms with Gasteiger partial charge >= 0.3 is 0 Å². The van der Waals surface area contributed by atoms with Gasteiger partial charge in [0.25, 0.3) is 0 Å². The summed E-state index contributed by atoms with van der Waals surface area (Å²) in [6.45, 7) is 0. The van der Waals surface area contributed by atoms with Crippen LogP contribution in [0.1, 0.15) is 0 Å². The number of nitrogens with one attached hydrogen (secondary N) is 2. The molecule has 7 nitrogen and oxygen atoms in total. The molecule has 1 aromatic heterocycles. The third kappa shape index (κ3) is 2.77. The quantitative estimate of drug-likeness (QED) is 0.666. The molecule has 4 N–H and O–H groups in total. The van der Waals surface area contributed by atoms with E-state index < -0.39 is 10.0 Å². The number of benzene rings is 2. The van der Waals surface area contributed by atoms with Gasteiger partial charge in [-0.25, -0.2) is 18.1 Å². The van der Waals surface area contributed by atoms with Crippen LogP contribution in [0.4, 0.5) is 11.8 Å². The maximum Gasteiger partial charge on any atom is 0.240 e. The number of rotatable bonds is 4. The zero-order valence-electron chi connectivity index (χ0n) is 13.2. The molecule has 1 heterocycles. The van der Waals surface area contributed by atoms with Crippen molar-refractivity contribution in [3.63, 3.8) is 0 Å². The smallest absolute Gasteiger partial charge is 0.240 e. The topological polar surface area (TPSA) is 110 Å². The molecule has 3 rings (SSSR count). The Kier molecular flexibility index (Phi) is 4.08. The monoisotopic (exact) mass is 343 g/mol. The van der Waals surface area contributed by atoms with Crippen LogP contribution >= 0.6 is 0 Å². The van der Waals surface area contributed by atoms with Crippen LogP contribution in [0, 0.1) is 0 Å². The number of aromatic nitrogens is 2. The summed E-state index contributed by atoms with van der Waals surface area (Å²) in [6.07, 6.45) is 0. The van der Waals surface area contributed by atoms with Crippen molar-refractivity contribution in [1.29, 1.82) is 0 Å². The average molecular weight is 343 g/mol. The van der Waals surface area contributed by atoms with Crippen LogP contribution < -0.4 is 15.8 Å². The predicted molar refractivity (Wildman–Crippen MR) is 95.2 cm³/mol. The zero-order chi connectivity index (χ0) is 17.3. The number of anilines is 2. The second kappa shape index (κ2) is 6.06. The lowest BCUT2D eigenvalue weighted by Crippen LogP contribution is -2.19. The number of sulfonamides is 1. The highest BCUT2D eigenvalue weighted by atomic mass is 32.2. The summed E-state index contributed by atoms with van der Waals surface area (Å²) >= 11 is 0. The van der Waals surface area contributed by atoms with Gasteiger partial charge in [-0.05, 0) is 30.8 Å². The summed E-state index contributed by atoms with van der Waals surface area (Å²) < 4.78 is 26.8. The lowest BCUT2D eigenvalue weighted by Gasteiger charge is -2.11. The minimum absolute atomic E-state index is 0.153. The third-order valence-electron chi connectivity index (χ3n) is 3.71. The van der Waals surface area contributed by atoms with Crippen LogP contribution in [0.15, 0.2) is 47.4 Å². The summed E-state index contributed by atoms with van der Waals surface area (Å²) in [5, 5.41) is 3.79. The predicted octanol–water partition coefficient (Wildman–Crippen LogP) is 1.83. The van der Waals surface area contributed by atoms with E-state index in [1.165, 1.54) is 7.05 Å². The second-order valence-corrected chi connectivity index (χ2v) is 6.97. The van der Waals surface area contributed by atoms with E-state index in [2.05, 4.69) is 20.0 Å². The average Bonchev–Trinajstić information content (AvgIpc) is 2.60. The van der Waals surface area contributed by atoms with Crippen LogP contribution in [0.5, 0.6) is 0 Å². The molecule has 0 aliphatic carbocycles. The summed E-state index contributed by atoms with van der Waals surface area (Å²) in [6, 6.07) is 12.3. The van der Waals surface area contributed by atoms with Crippen molar-refractivity contribution in [1.82, 2.24) is 14.7 Å². The van der Waals surface area contributed by atoms with Crippen molar-refractivity contribution < 1.29 is 8.42 Å². The summed E-state index contributed by atoms with van der Waals surface area (Å²) in [4.78, 5) is 8.60. The molecule has 0 saturated carbocycles. The molecule has 0 atom stereocenters. The highest BCUT2D eigenvalue weighted by Gasteiger charge is 2.17. The summed E-state index contributed by atoms with van der Waals surface area (Å²) in [5.41, 5.74) is 7.71.